The molecule has 118 valence electrons. The third-order valence-electron chi connectivity index (χ3n) is 3.85. The van der Waals surface area contributed by atoms with Gasteiger partial charge < -0.3 is 9.80 Å². The molecule has 2 heterocycles. The zero-order valence-corrected chi connectivity index (χ0v) is 12.9. The first-order valence-corrected chi connectivity index (χ1v) is 7.31. The van der Waals surface area contributed by atoms with Crippen molar-refractivity contribution in [1.82, 2.24) is 4.98 Å². The van der Waals surface area contributed by atoms with Crippen molar-refractivity contribution in [2.45, 2.75) is 19.9 Å². The number of hydrogen-bond donors (Lipinski definition) is 0. The van der Waals surface area contributed by atoms with E-state index in [2.05, 4.69) is 4.98 Å². The van der Waals surface area contributed by atoms with Crippen LogP contribution in [-0.2, 0) is 4.79 Å². The van der Waals surface area contributed by atoms with Gasteiger partial charge in [0.15, 0.2) is 0 Å². The molecule has 1 aliphatic heterocycles. The summed E-state index contributed by atoms with van der Waals surface area (Å²) in [7, 11) is 0. The van der Waals surface area contributed by atoms with E-state index < -0.39 is 5.82 Å². The molecule has 0 saturated heterocycles. The molecule has 6 heteroatoms. The number of benzene rings is 1. The van der Waals surface area contributed by atoms with Crippen molar-refractivity contribution in [3.63, 3.8) is 0 Å². The smallest absolute Gasteiger partial charge is 0.276 e. The van der Waals surface area contributed by atoms with Gasteiger partial charge in [-0.3, -0.25) is 9.59 Å². The minimum atomic E-state index is -0.489. The molecule has 2 aromatic rings. The van der Waals surface area contributed by atoms with Crippen molar-refractivity contribution in [1.29, 1.82) is 0 Å². The lowest BCUT2D eigenvalue weighted by Gasteiger charge is -2.40. The Morgan fingerprint density at radius 2 is 1.87 bits per heavy atom. The molecule has 0 spiro atoms. The van der Waals surface area contributed by atoms with Crippen LogP contribution in [0.25, 0.3) is 0 Å². The summed E-state index contributed by atoms with van der Waals surface area (Å²) in [6.07, 6.45) is 1.02. The first kappa shape index (κ1) is 15.1. The Kier molecular flexibility index (Phi) is 3.82. The molecule has 5 nitrogen and oxygen atoms in total. The third kappa shape index (κ3) is 2.67. The van der Waals surface area contributed by atoms with Gasteiger partial charge in [-0.05, 0) is 31.2 Å². The van der Waals surface area contributed by atoms with Gasteiger partial charge in [-0.1, -0.05) is 12.1 Å². The lowest BCUT2D eigenvalue weighted by atomic mass is 10.1. The van der Waals surface area contributed by atoms with Gasteiger partial charge in [0.2, 0.25) is 5.91 Å². The van der Waals surface area contributed by atoms with Crippen molar-refractivity contribution in [3.05, 3.63) is 54.1 Å². The second-order valence-electron chi connectivity index (χ2n) is 5.50. The number of fused-ring (bicyclic) bond motifs is 1. The minimum Gasteiger partial charge on any atom is -0.306 e. The highest BCUT2D eigenvalue weighted by atomic mass is 19.1. The molecule has 0 saturated carbocycles. The van der Waals surface area contributed by atoms with E-state index in [1.165, 1.54) is 19.1 Å². The fourth-order valence-electron chi connectivity index (χ4n) is 2.89. The van der Waals surface area contributed by atoms with Gasteiger partial charge in [0.1, 0.15) is 11.5 Å². The molecule has 1 unspecified atom stereocenters. The Balaban J connectivity index is 2.03. The van der Waals surface area contributed by atoms with Crippen LogP contribution in [-0.4, -0.2) is 29.4 Å². The summed E-state index contributed by atoms with van der Waals surface area (Å²) in [5.41, 5.74) is 1.51. The summed E-state index contributed by atoms with van der Waals surface area (Å²) >= 11 is 0. The van der Waals surface area contributed by atoms with Crippen molar-refractivity contribution in [2.75, 3.05) is 16.3 Å². The van der Waals surface area contributed by atoms with Crippen LogP contribution in [0.5, 0.6) is 0 Å². The zero-order chi connectivity index (χ0) is 16.6. The Hall–Kier alpha value is -2.76. The van der Waals surface area contributed by atoms with Gasteiger partial charge in [-0.2, -0.15) is 0 Å². The van der Waals surface area contributed by atoms with Crippen LogP contribution in [0.15, 0.2) is 42.6 Å². The molecule has 0 aliphatic carbocycles. The van der Waals surface area contributed by atoms with Crippen LogP contribution < -0.4 is 9.80 Å². The maximum absolute atomic E-state index is 13.0. The average Bonchev–Trinajstić information content (AvgIpc) is 2.53. The molecule has 23 heavy (non-hydrogen) atoms. The number of hydrogen-bond acceptors (Lipinski definition) is 3. The fourth-order valence-corrected chi connectivity index (χ4v) is 2.89. The van der Waals surface area contributed by atoms with E-state index in [1.54, 1.807) is 15.9 Å². The van der Waals surface area contributed by atoms with Gasteiger partial charge in [0.25, 0.3) is 5.91 Å². The maximum atomic E-state index is 13.0. The number of carbonyl (C=O) groups excluding carboxylic acids is 2. The van der Waals surface area contributed by atoms with E-state index in [1.807, 2.05) is 25.1 Å². The van der Waals surface area contributed by atoms with Crippen molar-refractivity contribution in [2.24, 2.45) is 0 Å². The number of amides is 2. The summed E-state index contributed by atoms with van der Waals surface area (Å²) in [5, 5.41) is 0. The normalized spacial score (nSPS) is 16.9. The number of anilines is 2. The fraction of sp³-hybridized carbons (Fsp3) is 0.235. The monoisotopic (exact) mass is 313 g/mol. The lowest BCUT2D eigenvalue weighted by Crippen LogP contribution is -2.51. The number of pyridine rings is 1. The van der Waals surface area contributed by atoms with Gasteiger partial charge in [-0.15, -0.1) is 0 Å². The predicted molar refractivity (Wildman–Crippen MR) is 84.9 cm³/mol. The lowest BCUT2D eigenvalue weighted by molar-refractivity contribution is -0.117. The van der Waals surface area contributed by atoms with Crippen LogP contribution in [0.3, 0.4) is 0 Å². The van der Waals surface area contributed by atoms with Crippen LogP contribution in [0, 0.1) is 5.82 Å². The Morgan fingerprint density at radius 1 is 1.17 bits per heavy atom. The Bertz CT molecular complexity index is 761. The molecule has 1 aromatic carbocycles. The molecule has 0 bridgehead atoms. The highest BCUT2D eigenvalue weighted by Crippen LogP contribution is 2.36. The molecule has 0 fully saturated rings. The number of halogens is 1. The Labute approximate surface area is 133 Å². The summed E-state index contributed by atoms with van der Waals surface area (Å²) < 4.78 is 13.0. The first-order valence-electron chi connectivity index (χ1n) is 7.31. The summed E-state index contributed by atoms with van der Waals surface area (Å²) in [6, 6.07) is 9.65. The van der Waals surface area contributed by atoms with Crippen LogP contribution in [0.1, 0.15) is 24.3 Å². The van der Waals surface area contributed by atoms with Gasteiger partial charge >= 0.3 is 0 Å². The molecule has 1 aliphatic rings. The molecule has 1 atom stereocenters. The maximum Gasteiger partial charge on any atom is 0.276 e. The number of aromatic nitrogens is 1. The van der Waals surface area contributed by atoms with E-state index in [4.69, 9.17) is 0 Å². The standard InChI is InChI=1S/C17H16FN3O2/c1-11-10-20(17(23)14-8-7-13(18)9-19-14)15-5-3-4-6-16(15)21(11)12(2)22/h3-9,11H,10H2,1-2H3. The third-order valence-corrected chi connectivity index (χ3v) is 3.85. The molecule has 0 N–H and O–H groups in total. The number of nitrogens with zero attached hydrogens (tertiary/aromatic N) is 3. The van der Waals surface area contributed by atoms with Crippen molar-refractivity contribution in [3.8, 4) is 0 Å². The number of para-hydroxylation sites is 2. The molecule has 0 radical (unpaired) electrons. The second kappa shape index (κ2) is 5.79. The highest BCUT2D eigenvalue weighted by molar-refractivity contribution is 6.09. The predicted octanol–water partition coefficient (Wildman–Crippen LogP) is 2.62. The highest BCUT2D eigenvalue weighted by Gasteiger charge is 2.33. The summed E-state index contributed by atoms with van der Waals surface area (Å²) in [4.78, 5) is 31.8. The molecular formula is C17H16FN3O2. The molecule has 1 aromatic heterocycles. The van der Waals surface area contributed by atoms with E-state index in [-0.39, 0.29) is 23.6 Å². The first-order chi connectivity index (χ1) is 11.0. The van der Waals surface area contributed by atoms with Crippen molar-refractivity contribution < 1.29 is 14.0 Å². The van der Waals surface area contributed by atoms with Crippen LogP contribution in [0.2, 0.25) is 0 Å². The number of carbonyl (C=O) groups is 2. The van der Waals surface area contributed by atoms with Gasteiger partial charge in [0, 0.05) is 13.5 Å². The Morgan fingerprint density at radius 3 is 2.48 bits per heavy atom. The van der Waals surface area contributed by atoms with E-state index >= 15 is 0 Å². The average molecular weight is 313 g/mol. The summed E-state index contributed by atoms with van der Waals surface area (Å²) in [6.45, 7) is 3.75. The SMILES string of the molecule is CC(=O)N1c2ccccc2N(C(=O)c2ccc(F)cn2)CC1C. The largest absolute Gasteiger partial charge is 0.306 e. The van der Waals surface area contributed by atoms with E-state index in [0.717, 1.165) is 6.20 Å². The number of rotatable bonds is 1. The minimum absolute atomic E-state index is 0.0723. The van der Waals surface area contributed by atoms with Gasteiger partial charge in [-0.25, -0.2) is 9.37 Å². The van der Waals surface area contributed by atoms with Crippen LogP contribution in [0.4, 0.5) is 15.8 Å². The molecule has 2 amide bonds. The quantitative estimate of drug-likeness (QED) is 0.813. The van der Waals surface area contributed by atoms with E-state index in [0.29, 0.717) is 17.9 Å². The molecule has 3 rings (SSSR count). The summed E-state index contributed by atoms with van der Waals surface area (Å²) in [5.74, 6) is -0.874. The topological polar surface area (TPSA) is 53.5 Å². The van der Waals surface area contributed by atoms with Gasteiger partial charge in [0.05, 0.1) is 23.6 Å². The second-order valence-corrected chi connectivity index (χ2v) is 5.50. The van der Waals surface area contributed by atoms with E-state index in [9.17, 15) is 14.0 Å². The van der Waals surface area contributed by atoms with Crippen LogP contribution >= 0.6 is 0 Å². The zero-order valence-electron chi connectivity index (χ0n) is 12.9. The van der Waals surface area contributed by atoms with Crippen molar-refractivity contribution >= 4 is 23.2 Å². The molecular weight excluding hydrogens is 297 g/mol.